The molecule has 0 spiro atoms. The molecule has 80 valence electrons. The standard InChI is InChI=1S/C8H11F3N2O/c9-8(10,11)6(3-12)4-13-2-1-7(14)5-13/h6-7,14H,1-2,4-5H2/t6?,7-/m1/s1. The molecular formula is C8H11F3N2O. The molecule has 0 aliphatic carbocycles. The Morgan fingerprint density at radius 2 is 2.21 bits per heavy atom. The molecule has 1 aliphatic rings. The molecule has 14 heavy (non-hydrogen) atoms. The number of hydrogen-bond acceptors (Lipinski definition) is 3. The lowest BCUT2D eigenvalue weighted by Gasteiger charge is -2.20. The SMILES string of the molecule is N#CC(CN1CC[C@@H](O)C1)C(F)(F)F. The highest BCUT2D eigenvalue weighted by Gasteiger charge is 2.41. The van der Waals surface area contributed by atoms with Crippen molar-refractivity contribution in [2.75, 3.05) is 19.6 Å². The van der Waals surface area contributed by atoms with Crippen LogP contribution in [-0.4, -0.2) is 41.9 Å². The summed E-state index contributed by atoms with van der Waals surface area (Å²) in [5.74, 6) is -1.95. The third kappa shape index (κ3) is 2.86. The largest absolute Gasteiger partial charge is 0.405 e. The van der Waals surface area contributed by atoms with Gasteiger partial charge in [-0.25, -0.2) is 0 Å². The van der Waals surface area contributed by atoms with Crippen LogP contribution in [0.3, 0.4) is 0 Å². The van der Waals surface area contributed by atoms with Crippen LogP contribution in [0.5, 0.6) is 0 Å². The van der Waals surface area contributed by atoms with Gasteiger partial charge in [0, 0.05) is 19.6 Å². The first-order valence-corrected chi connectivity index (χ1v) is 4.30. The molecule has 2 atom stereocenters. The fourth-order valence-corrected chi connectivity index (χ4v) is 1.45. The maximum absolute atomic E-state index is 12.2. The van der Waals surface area contributed by atoms with Gasteiger partial charge in [-0.1, -0.05) is 0 Å². The molecule has 1 saturated heterocycles. The topological polar surface area (TPSA) is 47.3 Å². The Hall–Kier alpha value is -0.800. The summed E-state index contributed by atoms with van der Waals surface area (Å²) in [5.41, 5.74) is 0. The zero-order valence-electron chi connectivity index (χ0n) is 7.46. The number of halogens is 3. The summed E-state index contributed by atoms with van der Waals surface area (Å²) in [6, 6.07) is 1.24. The molecule has 0 aromatic heterocycles. The first kappa shape index (κ1) is 11.3. The normalized spacial score (nSPS) is 26.1. The van der Waals surface area contributed by atoms with Crippen LogP contribution in [-0.2, 0) is 0 Å². The van der Waals surface area contributed by atoms with E-state index in [0.717, 1.165) is 0 Å². The van der Waals surface area contributed by atoms with E-state index in [9.17, 15) is 13.2 Å². The Kier molecular flexibility index (Phi) is 3.34. The van der Waals surface area contributed by atoms with Crippen LogP contribution in [0.25, 0.3) is 0 Å². The van der Waals surface area contributed by atoms with E-state index in [2.05, 4.69) is 0 Å². The van der Waals surface area contributed by atoms with E-state index < -0.39 is 18.2 Å². The second-order valence-corrected chi connectivity index (χ2v) is 3.43. The average molecular weight is 208 g/mol. The van der Waals surface area contributed by atoms with Crippen LogP contribution in [0.2, 0.25) is 0 Å². The number of likely N-dealkylation sites (tertiary alicyclic amines) is 1. The number of β-amino-alcohol motifs (C(OH)–C–C–N with tert-alkyl or cyclic N) is 1. The molecule has 6 heteroatoms. The van der Waals surface area contributed by atoms with Crippen molar-refractivity contribution in [1.82, 2.24) is 4.90 Å². The summed E-state index contributed by atoms with van der Waals surface area (Å²) < 4.78 is 36.5. The summed E-state index contributed by atoms with van der Waals surface area (Å²) in [7, 11) is 0. The molecule has 0 saturated carbocycles. The second kappa shape index (κ2) is 4.15. The number of nitriles is 1. The molecule has 1 aliphatic heterocycles. The first-order valence-electron chi connectivity index (χ1n) is 4.30. The number of rotatable bonds is 2. The summed E-state index contributed by atoms with van der Waals surface area (Å²) in [4.78, 5) is 1.46. The third-order valence-electron chi connectivity index (χ3n) is 2.24. The average Bonchev–Trinajstić information content (AvgIpc) is 2.45. The van der Waals surface area contributed by atoms with E-state index in [0.29, 0.717) is 13.0 Å². The molecule has 0 aromatic carbocycles. The second-order valence-electron chi connectivity index (χ2n) is 3.43. The number of aliphatic hydroxyl groups is 1. The van der Waals surface area contributed by atoms with Gasteiger partial charge in [0.1, 0.15) is 0 Å². The summed E-state index contributed by atoms with van der Waals surface area (Å²) in [5, 5.41) is 17.4. The van der Waals surface area contributed by atoms with E-state index in [1.165, 1.54) is 11.0 Å². The van der Waals surface area contributed by atoms with Crippen molar-refractivity contribution < 1.29 is 18.3 Å². The molecule has 0 aromatic rings. The summed E-state index contributed by atoms with van der Waals surface area (Å²) in [6.07, 6.45) is -4.54. The van der Waals surface area contributed by atoms with Gasteiger partial charge in [-0.15, -0.1) is 0 Å². The van der Waals surface area contributed by atoms with Crippen LogP contribution >= 0.6 is 0 Å². The van der Waals surface area contributed by atoms with Crippen LogP contribution in [0, 0.1) is 17.2 Å². The van der Waals surface area contributed by atoms with Crippen molar-refractivity contribution in [3.05, 3.63) is 0 Å². The van der Waals surface area contributed by atoms with Crippen molar-refractivity contribution in [1.29, 1.82) is 5.26 Å². The maximum Gasteiger partial charge on any atom is 0.405 e. The van der Waals surface area contributed by atoms with Crippen molar-refractivity contribution in [3.8, 4) is 6.07 Å². The quantitative estimate of drug-likeness (QED) is 0.728. The van der Waals surface area contributed by atoms with Crippen LogP contribution in [0.4, 0.5) is 13.2 Å². The monoisotopic (exact) mass is 208 g/mol. The van der Waals surface area contributed by atoms with Gasteiger partial charge in [-0.05, 0) is 6.42 Å². The van der Waals surface area contributed by atoms with Crippen LogP contribution in [0.1, 0.15) is 6.42 Å². The van der Waals surface area contributed by atoms with E-state index in [1.807, 2.05) is 0 Å². The van der Waals surface area contributed by atoms with Crippen LogP contribution in [0.15, 0.2) is 0 Å². The lowest BCUT2D eigenvalue weighted by atomic mass is 10.1. The van der Waals surface area contributed by atoms with Gasteiger partial charge in [-0.3, -0.25) is 4.90 Å². The Balaban J connectivity index is 2.46. The van der Waals surface area contributed by atoms with E-state index in [4.69, 9.17) is 10.4 Å². The van der Waals surface area contributed by atoms with E-state index >= 15 is 0 Å². The number of aliphatic hydroxyl groups excluding tert-OH is 1. The predicted molar refractivity (Wildman–Crippen MR) is 42.2 cm³/mol. The third-order valence-corrected chi connectivity index (χ3v) is 2.24. The van der Waals surface area contributed by atoms with Crippen LogP contribution < -0.4 is 0 Å². The fourth-order valence-electron chi connectivity index (χ4n) is 1.45. The minimum absolute atomic E-state index is 0.230. The Bertz CT molecular complexity index is 236. The minimum atomic E-state index is -4.47. The highest BCUT2D eigenvalue weighted by molar-refractivity contribution is 4.92. The van der Waals surface area contributed by atoms with Crippen molar-refractivity contribution in [2.45, 2.75) is 18.7 Å². The molecule has 0 radical (unpaired) electrons. The number of nitrogens with zero attached hydrogens (tertiary/aromatic N) is 2. The van der Waals surface area contributed by atoms with Crippen molar-refractivity contribution in [3.63, 3.8) is 0 Å². The van der Waals surface area contributed by atoms with E-state index in [1.54, 1.807) is 0 Å². The lowest BCUT2D eigenvalue weighted by Crippen LogP contribution is -2.35. The molecule has 0 bridgehead atoms. The van der Waals surface area contributed by atoms with Gasteiger partial charge >= 0.3 is 6.18 Å². The van der Waals surface area contributed by atoms with Gasteiger partial charge in [0.25, 0.3) is 0 Å². The first-order chi connectivity index (χ1) is 6.43. The zero-order chi connectivity index (χ0) is 10.8. The molecule has 1 unspecified atom stereocenters. The van der Waals surface area contributed by atoms with Gasteiger partial charge in [-0.2, -0.15) is 18.4 Å². The Morgan fingerprint density at radius 1 is 1.57 bits per heavy atom. The molecule has 1 heterocycles. The number of hydrogen-bond donors (Lipinski definition) is 1. The molecule has 3 nitrogen and oxygen atoms in total. The molecule has 1 N–H and O–H groups in total. The molecular weight excluding hydrogens is 197 g/mol. The Morgan fingerprint density at radius 3 is 2.57 bits per heavy atom. The molecule has 0 amide bonds. The van der Waals surface area contributed by atoms with Gasteiger partial charge in [0.15, 0.2) is 5.92 Å². The van der Waals surface area contributed by atoms with Gasteiger partial charge < -0.3 is 5.11 Å². The van der Waals surface area contributed by atoms with Gasteiger partial charge in [0.2, 0.25) is 0 Å². The summed E-state index contributed by atoms with van der Waals surface area (Å²) >= 11 is 0. The highest BCUT2D eigenvalue weighted by Crippen LogP contribution is 2.27. The lowest BCUT2D eigenvalue weighted by molar-refractivity contribution is -0.162. The van der Waals surface area contributed by atoms with Crippen molar-refractivity contribution in [2.24, 2.45) is 5.92 Å². The minimum Gasteiger partial charge on any atom is -0.392 e. The van der Waals surface area contributed by atoms with Gasteiger partial charge in [0.05, 0.1) is 12.2 Å². The summed E-state index contributed by atoms with van der Waals surface area (Å²) in [6.45, 7) is 0.320. The van der Waals surface area contributed by atoms with E-state index in [-0.39, 0.29) is 13.1 Å². The molecule has 1 rings (SSSR count). The zero-order valence-corrected chi connectivity index (χ0v) is 7.46. The molecule has 1 fully saturated rings. The Labute approximate surface area is 79.7 Å². The predicted octanol–water partition coefficient (Wildman–Crippen LogP) is 0.755. The number of alkyl halides is 3. The fraction of sp³-hybridized carbons (Fsp3) is 0.875. The van der Waals surface area contributed by atoms with Crippen molar-refractivity contribution >= 4 is 0 Å². The highest BCUT2D eigenvalue weighted by atomic mass is 19.4. The smallest absolute Gasteiger partial charge is 0.392 e. The maximum atomic E-state index is 12.2.